The Morgan fingerprint density at radius 2 is 1.83 bits per heavy atom. The normalized spacial score (nSPS) is 17.6. The molecule has 2 aromatic rings. The highest BCUT2D eigenvalue weighted by molar-refractivity contribution is 6.39. The summed E-state index contributed by atoms with van der Waals surface area (Å²) in [5.41, 5.74) is 2.23. The second-order valence-corrected chi connectivity index (χ2v) is 9.15. The first-order chi connectivity index (χ1) is 14.2. The zero-order valence-electron chi connectivity index (χ0n) is 17.6. The molecule has 1 saturated heterocycles. The number of halogens is 2. The molecule has 1 N–H and O–H groups in total. The van der Waals surface area contributed by atoms with Crippen LogP contribution in [0.25, 0.3) is 0 Å². The van der Waals surface area contributed by atoms with Gasteiger partial charge in [-0.3, -0.25) is 9.69 Å². The highest BCUT2D eigenvalue weighted by Gasteiger charge is 2.23. The first-order valence-electron chi connectivity index (χ1n) is 10.1. The Hall–Kier alpha value is -1.79. The Kier molecular flexibility index (Phi) is 7.64. The zero-order valence-corrected chi connectivity index (χ0v) is 19.1. The van der Waals surface area contributed by atoms with Gasteiger partial charge >= 0.3 is 5.97 Å². The molecular formula is C23H28Cl2N2O3. The predicted octanol–water partition coefficient (Wildman–Crippen LogP) is 5.84. The lowest BCUT2D eigenvalue weighted by Crippen LogP contribution is -2.39. The summed E-state index contributed by atoms with van der Waals surface area (Å²) in [5.74, 6) is -0.167. The van der Waals surface area contributed by atoms with Gasteiger partial charge in [0.2, 0.25) is 0 Å². The number of para-hydroxylation sites is 1. The highest BCUT2D eigenvalue weighted by Crippen LogP contribution is 2.33. The highest BCUT2D eigenvalue weighted by atomic mass is 35.5. The van der Waals surface area contributed by atoms with E-state index in [1.54, 1.807) is 12.1 Å². The van der Waals surface area contributed by atoms with Gasteiger partial charge < -0.3 is 14.8 Å². The molecule has 1 unspecified atom stereocenters. The van der Waals surface area contributed by atoms with Gasteiger partial charge in [0.15, 0.2) is 0 Å². The SMILES string of the molecule is CC(C)(C)OC(=O)CCN1CCOC(c2ccc(Nc3c(Cl)cccc3Cl)cc2)C1. The minimum atomic E-state index is -0.450. The van der Waals surface area contributed by atoms with Gasteiger partial charge in [0.25, 0.3) is 0 Å². The van der Waals surface area contributed by atoms with Crippen LogP contribution in [0.1, 0.15) is 38.9 Å². The number of carbonyl (C=O) groups is 1. The van der Waals surface area contributed by atoms with Crippen molar-refractivity contribution in [2.24, 2.45) is 0 Å². The molecule has 0 spiro atoms. The molecule has 7 heteroatoms. The fourth-order valence-corrected chi connectivity index (χ4v) is 3.78. The molecule has 0 aromatic heterocycles. The van der Waals surface area contributed by atoms with Crippen molar-refractivity contribution in [2.45, 2.75) is 38.9 Å². The van der Waals surface area contributed by atoms with E-state index in [-0.39, 0.29) is 12.1 Å². The molecule has 0 bridgehead atoms. The van der Waals surface area contributed by atoms with Gasteiger partial charge in [0.05, 0.1) is 34.9 Å². The molecule has 0 radical (unpaired) electrons. The number of esters is 1. The quantitative estimate of drug-likeness (QED) is 0.559. The van der Waals surface area contributed by atoms with E-state index in [0.29, 0.717) is 35.3 Å². The Morgan fingerprint density at radius 1 is 1.17 bits per heavy atom. The molecule has 30 heavy (non-hydrogen) atoms. The molecule has 0 saturated carbocycles. The van der Waals surface area contributed by atoms with Gasteiger partial charge in [-0.25, -0.2) is 0 Å². The summed E-state index contributed by atoms with van der Waals surface area (Å²) >= 11 is 12.5. The van der Waals surface area contributed by atoms with Gasteiger partial charge in [-0.1, -0.05) is 41.4 Å². The average molecular weight is 451 g/mol. The van der Waals surface area contributed by atoms with Crippen LogP contribution in [-0.4, -0.2) is 42.7 Å². The lowest BCUT2D eigenvalue weighted by molar-refractivity contribution is -0.155. The van der Waals surface area contributed by atoms with Crippen LogP contribution < -0.4 is 5.32 Å². The third kappa shape index (κ3) is 6.61. The van der Waals surface area contributed by atoms with Crippen molar-refractivity contribution in [1.82, 2.24) is 4.90 Å². The van der Waals surface area contributed by atoms with E-state index in [1.807, 2.05) is 51.1 Å². The van der Waals surface area contributed by atoms with Crippen LogP contribution in [0.3, 0.4) is 0 Å². The topological polar surface area (TPSA) is 50.8 Å². The lowest BCUT2D eigenvalue weighted by Gasteiger charge is -2.33. The lowest BCUT2D eigenvalue weighted by atomic mass is 10.1. The van der Waals surface area contributed by atoms with Gasteiger partial charge in [-0.15, -0.1) is 0 Å². The van der Waals surface area contributed by atoms with Crippen LogP contribution >= 0.6 is 23.2 Å². The molecule has 2 aromatic carbocycles. The second-order valence-electron chi connectivity index (χ2n) is 8.34. The number of anilines is 2. The Bertz CT molecular complexity index is 845. The predicted molar refractivity (Wildman–Crippen MR) is 122 cm³/mol. The smallest absolute Gasteiger partial charge is 0.307 e. The van der Waals surface area contributed by atoms with Crippen LogP contribution in [-0.2, 0) is 14.3 Å². The van der Waals surface area contributed by atoms with Crippen molar-refractivity contribution < 1.29 is 14.3 Å². The molecule has 0 amide bonds. The number of ether oxygens (including phenoxy) is 2. The van der Waals surface area contributed by atoms with E-state index in [4.69, 9.17) is 32.7 Å². The van der Waals surface area contributed by atoms with Crippen molar-refractivity contribution in [3.05, 3.63) is 58.1 Å². The molecule has 3 rings (SSSR count). The second kappa shape index (κ2) is 10.0. The number of morpholine rings is 1. The molecule has 1 aliphatic heterocycles. The molecule has 0 aliphatic carbocycles. The van der Waals surface area contributed by atoms with Gasteiger partial charge in [0.1, 0.15) is 5.60 Å². The number of hydrogen-bond acceptors (Lipinski definition) is 5. The number of rotatable bonds is 6. The zero-order chi connectivity index (χ0) is 21.7. The van der Waals surface area contributed by atoms with Gasteiger partial charge in [-0.2, -0.15) is 0 Å². The van der Waals surface area contributed by atoms with Crippen molar-refractivity contribution in [1.29, 1.82) is 0 Å². The summed E-state index contributed by atoms with van der Waals surface area (Å²) in [6.45, 7) is 8.50. The van der Waals surface area contributed by atoms with Crippen LogP contribution in [0.4, 0.5) is 11.4 Å². The van der Waals surface area contributed by atoms with Crippen LogP contribution in [0.15, 0.2) is 42.5 Å². The van der Waals surface area contributed by atoms with Crippen molar-refractivity contribution in [2.75, 3.05) is 31.6 Å². The fraction of sp³-hybridized carbons (Fsp3) is 0.435. The summed E-state index contributed by atoms with van der Waals surface area (Å²) in [5, 5.41) is 4.41. The summed E-state index contributed by atoms with van der Waals surface area (Å²) in [6, 6.07) is 13.5. The largest absolute Gasteiger partial charge is 0.460 e. The summed E-state index contributed by atoms with van der Waals surface area (Å²) in [4.78, 5) is 14.2. The van der Waals surface area contributed by atoms with E-state index < -0.39 is 5.60 Å². The molecule has 162 valence electrons. The van der Waals surface area contributed by atoms with E-state index in [9.17, 15) is 4.79 Å². The van der Waals surface area contributed by atoms with Crippen LogP contribution in [0, 0.1) is 0 Å². The molecule has 1 heterocycles. The van der Waals surface area contributed by atoms with E-state index in [0.717, 1.165) is 24.3 Å². The average Bonchev–Trinajstić information content (AvgIpc) is 2.69. The minimum absolute atomic E-state index is 0.0321. The van der Waals surface area contributed by atoms with Gasteiger partial charge in [0, 0.05) is 25.3 Å². The standard InChI is InChI=1S/C23H28Cl2N2O3/c1-23(2,3)30-21(28)11-12-27-13-14-29-20(15-27)16-7-9-17(10-8-16)26-22-18(24)5-4-6-19(22)25/h4-10,20,26H,11-15H2,1-3H3. The minimum Gasteiger partial charge on any atom is -0.460 e. The number of nitrogens with zero attached hydrogens (tertiary/aromatic N) is 1. The number of nitrogens with one attached hydrogen (secondary N) is 1. The Balaban J connectivity index is 1.56. The summed E-state index contributed by atoms with van der Waals surface area (Å²) in [6.07, 6.45) is 0.348. The molecular weight excluding hydrogens is 423 g/mol. The third-order valence-electron chi connectivity index (χ3n) is 4.72. The summed E-state index contributed by atoms with van der Waals surface area (Å²) in [7, 11) is 0. The number of hydrogen-bond donors (Lipinski definition) is 1. The molecule has 1 fully saturated rings. The summed E-state index contributed by atoms with van der Waals surface area (Å²) < 4.78 is 11.4. The van der Waals surface area contributed by atoms with E-state index >= 15 is 0 Å². The maximum Gasteiger partial charge on any atom is 0.307 e. The maximum absolute atomic E-state index is 12.0. The molecule has 1 aliphatic rings. The van der Waals surface area contributed by atoms with E-state index in [2.05, 4.69) is 10.2 Å². The fourth-order valence-electron chi connectivity index (χ4n) is 3.29. The first kappa shape index (κ1) is 22.9. The number of benzene rings is 2. The van der Waals surface area contributed by atoms with Crippen LogP contribution in [0.5, 0.6) is 0 Å². The maximum atomic E-state index is 12.0. The third-order valence-corrected chi connectivity index (χ3v) is 5.35. The Labute approximate surface area is 188 Å². The van der Waals surface area contributed by atoms with E-state index in [1.165, 1.54) is 0 Å². The van der Waals surface area contributed by atoms with Crippen molar-refractivity contribution in [3.8, 4) is 0 Å². The number of carbonyl (C=O) groups excluding carboxylic acids is 1. The first-order valence-corrected chi connectivity index (χ1v) is 10.8. The van der Waals surface area contributed by atoms with Gasteiger partial charge in [-0.05, 0) is 50.6 Å². The van der Waals surface area contributed by atoms with Crippen molar-refractivity contribution in [3.63, 3.8) is 0 Å². The Morgan fingerprint density at radius 3 is 2.47 bits per heavy atom. The molecule has 5 nitrogen and oxygen atoms in total. The monoisotopic (exact) mass is 450 g/mol. The van der Waals surface area contributed by atoms with Crippen molar-refractivity contribution >= 4 is 40.5 Å². The van der Waals surface area contributed by atoms with Crippen LogP contribution in [0.2, 0.25) is 10.0 Å². The molecule has 1 atom stereocenters.